The van der Waals surface area contributed by atoms with Crippen LogP contribution in [-0.2, 0) is 27.9 Å². The molecule has 0 atom stereocenters. The minimum Gasteiger partial charge on any atom is -0.384 e. The topological polar surface area (TPSA) is 103 Å². The fourth-order valence-electron chi connectivity index (χ4n) is 4.91. The number of hydrogen-bond acceptors (Lipinski definition) is 7. The summed E-state index contributed by atoms with van der Waals surface area (Å²) in [6.45, 7) is 5.43. The molecule has 36 heavy (non-hydrogen) atoms. The van der Waals surface area contributed by atoms with Crippen molar-refractivity contribution in [3.8, 4) is 0 Å². The van der Waals surface area contributed by atoms with Crippen molar-refractivity contribution in [2.24, 2.45) is 5.92 Å². The Morgan fingerprint density at radius 3 is 2.33 bits per heavy atom. The predicted molar refractivity (Wildman–Crippen MR) is 136 cm³/mol. The van der Waals surface area contributed by atoms with Crippen molar-refractivity contribution in [3.05, 3.63) is 53.5 Å². The number of piperazine rings is 1. The average Bonchev–Trinajstić information content (AvgIpc) is 2.85. The molecule has 1 aromatic heterocycles. The summed E-state index contributed by atoms with van der Waals surface area (Å²) in [6, 6.07) is 7.77. The molecule has 9 nitrogen and oxygen atoms in total. The first-order valence-electron chi connectivity index (χ1n) is 12.3. The van der Waals surface area contributed by atoms with Crippen molar-refractivity contribution in [2.45, 2.75) is 30.8 Å². The number of pyridine rings is 1. The van der Waals surface area contributed by atoms with Gasteiger partial charge in [0.1, 0.15) is 11.6 Å². The van der Waals surface area contributed by atoms with Gasteiger partial charge in [-0.25, -0.2) is 22.1 Å². The minimum atomic E-state index is -3.76. The second kappa shape index (κ2) is 11.2. The Hall–Kier alpha value is -2.60. The first-order chi connectivity index (χ1) is 17.1. The van der Waals surface area contributed by atoms with Crippen LogP contribution in [0.5, 0.6) is 0 Å². The summed E-state index contributed by atoms with van der Waals surface area (Å²) >= 11 is 0. The molecule has 3 heterocycles. The summed E-state index contributed by atoms with van der Waals surface area (Å²) in [6.07, 6.45) is 3.39. The van der Waals surface area contributed by atoms with Gasteiger partial charge in [0, 0.05) is 65.5 Å². The third-order valence-corrected chi connectivity index (χ3v) is 8.95. The Morgan fingerprint density at radius 2 is 1.69 bits per heavy atom. The monoisotopic (exact) mass is 518 g/mol. The maximum absolute atomic E-state index is 13.8. The van der Waals surface area contributed by atoms with Gasteiger partial charge in [0.2, 0.25) is 15.9 Å². The average molecular weight is 519 g/mol. The van der Waals surface area contributed by atoms with E-state index >= 15 is 0 Å². The normalized spacial score (nSPS) is 18.6. The molecular weight excluding hydrogens is 483 g/mol. The lowest BCUT2D eigenvalue weighted by Gasteiger charge is -2.38. The molecular formula is C25H35FN6O3S. The maximum atomic E-state index is 13.8. The van der Waals surface area contributed by atoms with E-state index in [1.54, 1.807) is 6.20 Å². The second-order valence-electron chi connectivity index (χ2n) is 9.78. The lowest BCUT2D eigenvalue weighted by Crippen LogP contribution is -2.51. The molecule has 11 heteroatoms. The molecule has 2 N–H and O–H groups in total. The maximum Gasteiger partial charge on any atom is 0.242 e. The highest BCUT2D eigenvalue weighted by atomic mass is 32.2. The Morgan fingerprint density at radius 1 is 1.03 bits per heavy atom. The standard InChI is InChI=1S/C25H35FN6O3S/c1-29(2)36(34,35)23-16-22(26)4-3-21(23)18-31-11-13-32(14-12-31)25(33)20-6-9-30(10-7-20)17-19-5-8-28-24(27)15-19/h3-5,8,15-16,20H,6-7,9-14,17-18H2,1-2H3,(H2,27,28). The highest BCUT2D eigenvalue weighted by molar-refractivity contribution is 7.89. The Balaban J connectivity index is 1.28. The molecule has 4 rings (SSSR count). The first-order valence-corrected chi connectivity index (χ1v) is 13.7. The van der Waals surface area contributed by atoms with Crippen LogP contribution >= 0.6 is 0 Å². The molecule has 0 saturated carbocycles. The number of amides is 1. The number of nitrogen functional groups attached to an aromatic ring is 1. The number of likely N-dealkylation sites (tertiary alicyclic amines) is 1. The largest absolute Gasteiger partial charge is 0.384 e. The summed E-state index contributed by atoms with van der Waals surface area (Å²) in [4.78, 5) is 23.6. The van der Waals surface area contributed by atoms with Crippen LogP contribution in [0.4, 0.5) is 10.2 Å². The number of rotatable bonds is 7. The summed E-state index contributed by atoms with van der Waals surface area (Å²) in [5.41, 5.74) is 7.47. The number of carbonyl (C=O) groups is 1. The Labute approximate surface area is 212 Å². The highest BCUT2D eigenvalue weighted by Crippen LogP contribution is 2.24. The molecule has 2 saturated heterocycles. The quantitative estimate of drug-likeness (QED) is 0.594. The molecule has 196 valence electrons. The summed E-state index contributed by atoms with van der Waals surface area (Å²) < 4.78 is 40.3. The van der Waals surface area contributed by atoms with Gasteiger partial charge in [0.05, 0.1) is 4.90 Å². The number of sulfonamides is 1. The molecule has 0 spiro atoms. The molecule has 1 amide bonds. The molecule has 2 fully saturated rings. The molecule has 2 aromatic rings. The number of benzene rings is 1. The van der Waals surface area contributed by atoms with E-state index in [-0.39, 0.29) is 16.7 Å². The van der Waals surface area contributed by atoms with Crippen LogP contribution < -0.4 is 5.73 Å². The van der Waals surface area contributed by atoms with E-state index < -0.39 is 15.8 Å². The van der Waals surface area contributed by atoms with Gasteiger partial charge >= 0.3 is 0 Å². The SMILES string of the molecule is CN(C)S(=O)(=O)c1cc(F)ccc1CN1CCN(C(=O)C2CCN(Cc3ccnc(N)c3)CC2)CC1. The summed E-state index contributed by atoms with van der Waals surface area (Å²) in [5, 5.41) is 0. The van der Waals surface area contributed by atoms with Crippen molar-refractivity contribution in [3.63, 3.8) is 0 Å². The van der Waals surface area contributed by atoms with E-state index in [1.165, 1.54) is 26.2 Å². The van der Waals surface area contributed by atoms with E-state index in [9.17, 15) is 17.6 Å². The third-order valence-electron chi connectivity index (χ3n) is 7.05. The number of piperidine rings is 1. The molecule has 2 aliphatic heterocycles. The summed E-state index contributed by atoms with van der Waals surface area (Å²) in [7, 11) is -0.881. The fraction of sp³-hybridized carbons (Fsp3) is 0.520. The zero-order valence-electron chi connectivity index (χ0n) is 20.9. The summed E-state index contributed by atoms with van der Waals surface area (Å²) in [5.74, 6) is 0.182. The number of nitrogens with two attached hydrogens (primary N) is 1. The van der Waals surface area contributed by atoms with Gasteiger partial charge in [-0.15, -0.1) is 0 Å². The van der Waals surface area contributed by atoms with Gasteiger partial charge in [-0.05, 0) is 61.3 Å². The van der Waals surface area contributed by atoms with Crippen LogP contribution in [0, 0.1) is 11.7 Å². The number of aromatic nitrogens is 1. The van der Waals surface area contributed by atoms with E-state index in [1.807, 2.05) is 17.0 Å². The van der Waals surface area contributed by atoms with Gasteiger partial charge in [0.15, 0.2) is 0 Å². The zero-order chi connectivity index (χ0) is 25.9. The van der Waals surface area contributed by atoms with E-state index in [4.69, 9.17) is 5.73 Å². The molecule has 0 bridgehead atoms. The van der Waals surface area contributed by atoms with Crippen LogP contribution in [-0.4, -0.2) is 91.7 Å². The van der Waals surface area contributed by atoms with Crippen LogP contribution in [0.25, 0.3) is 0 Å². The fourth-order valence-corrected chi connectivity index (χ4v) is 6.03. The predicted octanol–water partition coefficient (Wildman–Crippen LogP) is 1.61. The van der Waals surface area contributed by atoms with Gasteiger partial charge in [0.25, 0.3) is 0 Å². The van der Waals surface area contributed by atoms with Crippen molar-refractivity contribution >= 4 is 21.7 Å². The van der Waals surface area contributed by atoms with E-state index in [2.05, 4.69) is 14.8 Å². The van der Waals surface area contributed by atoms with Crippen molar-refractivity contribution in [1.29, 1.82) is 0 Å². The zero-order valence-corrected chi connectivity index (χ0v) is 21.8. The lowest BCUT2D eigenvalue weighted by molar-refractivity contribution is -0.139. The van der Waals surface area contributed by atoms with Gasteiger partial charge in [-0.1, -0.05) is 6.07 Å². The highest BCUT2D eigenvalue weighted by Gasteiger charge is 2.31. The van der Waals surface area contributed by atoms with E-state index in [0.29, 0.717) is 44.1 Å². The minimum absolute atomic E-state index is 0.00721. The number of halogens is 1. The Kier molecular flexibility index (Phi) is 8.23. The molecule has 2 aliphatic rings. The van der Waals surface area contributed by atoms with Crippen LogP contribution in [0.15, 0.2) is 41.4 Å². The van der Waals surface area contributed by atoms with Crippen molar-refractivity contribution in [1.82, 2.24) is 24.0 Å². The van der Waals surface area contributed by atoms with Crippen LogP contribution in [0.2, 0.25) is 0 Å². The molecule has 1 aromatic carbocycles. The lowest BCUT2D eigenvalue weighted by atomic mass is 9.94. The number of nitrogens with zero attached hydrogens (tertiary/aromatic N) is 5. The van der Waals surface area contributed by atoms with Crippen LogP contribution in [0.3, 0.4) is 0 Å². The molecule has 0 radical (unpaired) electrons. The smallest absolute Gasteiger partial charge is 0.242 e. The number of anilines is 1. The van der Waals surface area contributed by atoms with Gasteiger partial charge in [-0.2, -0.15) is 0 Å². The third kappa shape index (κ3) is 6.20. The molecule has 0 aliphatic carbocycles. The van der Waals surface area contributed by atoms with Crippen LogP contribution in [0.1, 0.15) is 24.0 Å². The second-order valence-corrected chi connectivity index (χ2v) is 11.9. The van der Waals surface area contributed by atoms with Crippen molar-refractivity contribution in [2.75, 3.05) is 59.1 Å². The first kappa shape index (κ1) is 26.5. The number of hydrogen-bond donors (Lipinski definition) is 1. The molecule has 0 unspecified atom stereocenters. The van der Waals surface area contributed by atoms with Crippen molar-refractivity contribution < 1.29 is 17.6 Å². The Bertz CT molecular complexity index is 1180. The number of carbonyl (C=O) groups excluding carboxylic acids is 1. The van der Waals surface area contributed by atoms with Gasteiger partial charge in [-0.3, -0.25) is 14.6 Å². The van der Waals surface area contributed by atoms with Gasteiger partial charge < -0.3 is 10.6 Å². The van der Waals surface area contributed by atoms with E-state index in [0.717, 1.165) is 48.4 Å².